The average molecular weight is 373 g/mol. The van der Waals surface area contributed by atoms with Crippen LogP contribution in [0, 0.1) is 0 Å². The number of nitrogens with two attached hydrogens (primary N) is 1. The smallest absolute Gasteiger partial charge is 0.188 e. The highest BCUT2D eigenvalue weighted by Gasteiger charge is 2.22. The maximum absolute atomic E-state index is 6.06. The molecule has 0 aliphatic carbocycles. The summed E-state index contributed by atoms with van der Waals surface area (Å²) in [4.78, 5) is 11.9. The predicted molar refractivity (Wildman–Crippen MR) is 113 cm³/mol. The third kappa shape index (κ3) is 6.19. The molecule has 0 radical (unpaired) electrons. The van der Waals surface area contributed by atoms with Crippen LogP contribution in [-0.2, 0) is 13.1 Å². The summed E-state index contributed by atoms with van der Waals surface area (Å²) in [5.41, 5.74) is 8.64. The lowest BCUT2D eigenvalue weighted by Crippen LogP contribution is -2.43. The lowest BCUT2D eigenvalue weighted by Gasteiger charge is -2.32. The van der Waals surface area contributed by atoms with Crippen LogP contribution in [0.4, 0.5) is 0 Å². The summed E-state index contributed by atoms with van der Waals surface area (Å²) in [6, 6.07) is 9.41. The van der Waals surface area contributed by atoms with E-state index in [1.165, 1.54) is 30.5 Å². The molecule has 2 aliphatic rings. The van der Waals surface area contributed by atoms with E-state index in [0.717, 1.165) is 45.8 Å². The second-order valence-corrected chi connectivity index (χ2v) is 7.90. The summed E-state index contributed by atoms with van der Waals surface area (Å²) >= 11 is 0. The van der Waals surface area contributed by atoms with Gasteiger partial charge in [0.2, 0.25) is 0 Å². The molecule has 2 aliphatic heterocycles. The number of hydrogen-bond donors (Lipinski definition) is 2. The predicted octanol–water partition coefficient (Wildman–Crippen LogP) is 1.32. The molecule has 1 aromatic rings. The van der Waals surface area contributed by atoms with E-state index in [9.17, 15) is 0 Å². The molecule has 27 heavy (non-hydrogen) atoms. The Kier molecular flexibility index (Phi) is 7.50. The molecule has 0 spiro atoms. The molecule has 1 aromatic carbocycles. The molecule has 3 rings (SSSR count). The fraction of sp³-hybridized carbons (Fsp3) is 0.667. The molecule has 150 valence electrons. The van der Waals surface area contributed by atoms with Crippen LogP contribution >= 0.6 is 0 Å². The van der Waals surface area contributed by atoms with Crippen molar-refractivity contribution < 1.29 is 0 Å². The summed E-state index contributed by atoms with van der Waals surface area (Å²) in [5, 5.41) is 3.30. The normalized spacial score (nSPS) is 23.0. The Hall–Kier alpha value is -1.63. The Bertz CT molecular complexity index is 591. The van der Waals surface area contributed by atoms with Crippen LogP contribution in [0.2, 0.25) is 0 Å². The molecule has 3 N–H and O–H groups in total. The third-order valence-electron chi connectivity index (χ3n) is 5.88. The average Bonchev–Trinajstić information content (AvgIpc) is 3.15. The third-order valence-corrected chi connectivity index (χ3v) is 5.88. The number of benzene rings is 1. The lowest BCUT2D eigenvalue weighted by atomic mass is 10.1. The van der Waals surface area contributed by atoms with E-state index in [1.807, 2.05) is 0 Å². The van der Waals surface area contributed by atoms with Crippen LogP contribution < -0.4 is 11.1 Å². The van der Waals surface area contributed by atoms with Crippen molar-refractivity contribution in [3.05, 3.63) is 35.4 Å². The highest BCUT2D eigenvalue weighted by atomic mass is 15.2. The first kappa shape index (κ1) is 20.1. The van der Waals surface area contributed by atoms with E-state index < -0.39 is 0 Å². The zero-order chi connectivity index (χ0) is 19.1. The SMILES string of the molecule is CCN1CCCC1CNC(N)=NCc1ccc(CN2CCN(C)CC2)cc1. The van der Waals surface area contributed by atoms with Crippen LogP contribution in [0.3, 0.4) is 0 Å². The van der Waals surface area contributed by atoms with Crippen molar-refractivity contribution >= 4 is 5.96 Å². The highest BCUT2D eigenvalue weighted by Crippen LogP contribution is 2.15. The molecule has 2 fully saturated rings. The number of nitrogens with zero attached hydrogens (tertiary/aromatic N) is 4. The Morgan fingerprint density at radius 2 is 1.81 bits per heavy atom. The van der Waals surface area contributed by atoms with Gasteiger partial charge in [0.05, 0.1) is 6.54 Å². The summed E-state index contributed by atoms with van der Waals surface area (Å²) in [6.45, 7) is 11.8. The van der Waals surface area contributed by atoms with Crippen molar-refractivity contribution in [1.82, 2.24) is 20.0 Å². The second kappa shape index (κ2) is 10.1. The fourth-order valence-electron chi connectivity index (χ4n) is 4.01. The Morgan fingerprint density at radius 3 is 2.52 bits per heavy atom. The van der Waals surface area contributed by atoms with E-state index in [0.29, 0.717) is 18.5 Å². The first-order valence-corrected chi connectivity index (χ1v) is 10.4. The van der Waals surface area contributed by atoms with Crippen molar-refractivity contribution in [3.8, 4) is 0 Å². The first-order chi connectivity index (χ1) is 13.1. The van der Waals surface area contributed by atoms with Crippen LogP contribution in [0.25, 0.3) is 0 Å². The second-order valence-electron chi connectivity index (χ2n) is 7.90. The van der Waals surface area contributed by atoms with Crippen LogP contribution in [0.5, 0.6) is 0 Å². The molecule has 0 amide bonds. The molecule has 6 heteroatoms. The van der Waals surface area contributed by atoms with Gasteiger partial charge in [0, 0.05) is 45.3 Å². The van der Waals surface area contributed by atoms with Crippen molar-refractivity contribution in [3.63, 3.8) is 0 Å². The van der Waals surface area contributed by atoms with E-state index in [-0.39, 0.29) is 0 Å². The molecule has 0 aromatic heterocycles. The molecule has 0 saturated carbocycles. The zero-order valence-electron chi connectivity index (χ0n) is 17.0. The van der Waals surface area contributed by atoms with Gasteiger partial charge in [0.15, 0.2) is 5.96 Å². The standard InChI is InChI=1S/C21H36N6/c1-3-27-10-4-5-20(27)16-24-21(22)23-15-18-6-8-19(9-7-18)17-26-13-11-25(2)12-14-26/h6-9,20H,3-5,10-17H2,1-2H3,(H3,22,23,24). The van der Waals surface area contributed by atoms with Gasteiger partial charge in [-0.1, -0.05) is 31.2 Å². The summed E-state index contributed by atoms with van der Waals surface area (Å²) in [6.07, 6.45) is 2.54. The molecular formula is C21H36N6. The van der Waals surface area contributed by atoms with Gasteiger partial charge in [0.25, 0.3) is 0 Å². The molecule has 2 heterocycles. The Morgan fingerprint density at radius 1 is 1.11 bits per heavy atom. The maximum Gasteiger partial charge on any atom is 0.188 e. The quantitative estimate of drug-likeness (QED) is 0.558. The van der Waals surface area contributed by atoms with E-state index in [1.54, 1.807) is 0 Å². The minimum Gasteiger partial charge on any atom is -0.370 e. The number of nitrogens with one attached hydrogen (secondary N) is 1. The number of likely N-dealkylation sites (tertiary alicyclic amines) is 1. The first-order valence-electron chi connectivity index (χ1n) is 10.4. The van der Waals surface area contributed by atoms with Crippen molar-refractivity contribution in [2.75, 3.05) is 52.9 Å². The van der Waals surface area contributed by atoms with Crippen molar-refractivity contribution in [2.45, 2.75) is 38.9 Å². The molecule has 2 saturated heterocycles. The summed E-state index contributed by atoms with van der Waals surface area (Å²) in [7, 11) is 2.20. The Balaban J connectivity index is 1.41. The molecule has 1 unspecified atom stereocenters. The van der Waals surface area contributed by atoms with Crippen LogP contribution in [0.1, 0.15) is 30.9 Å². The van der Waals surface area contributed by atoms with Gasteiger partial charge in [-0.25, -0.2) is 4.99 Å². The number of aliphatic imine (C=N–C) groups is 1. The number of likely N-dealkylation sites (N-methyl/N-ethyl adjacent to an activating group) is 2. The van der Waals surface area contributed by atoms with Gasteiger partial charge in [-0.15, -0.1) is 0 Å². The summed E-state index contributed by atoms with van der Waals surface area (Å²) in [5.74, 6) is 0.555. The van der Waals surface area contributed by atoms with Crippen molar-refractivity contribution in [1.29, 1.82) is 0 Å². The van der Waals surface area contributed by atoms with Crippen LogP contribution in [0.15, 0.2) is 29.3 Å². The van der Waals surface area contributed by atoms with Crippen LogP contribution in [-0.4, -0.2) is 79.6 Å². The molecular weight excluding hydrogens is 336 g/mol. The Labute approximate surface area is 164 Å². The monoisotopic (exact) mass is 372 g/mol. The molecule has 6 nitrogen and oxygen atoms in total. The maximum atomic E-state index is 6.06. The van der Waals surface area contributed by atoms with E-state index in [4.69, 9.17) is 5.73 Å². The molecule has 0 bridgehead atoms. The van der Waals surface area contributed by atoms with Gasteiger partial charge < -0.3 is 16.0 Å². The van der Waals surface area contributed by atoms with E-state index in [2.05, 4.69) is 63.2 Å². The fourth-order valence-corrected chi connectivity index (χ4v) is 4.01. The minimum absolute atomic E-state index is 0.555. The van der Waals surface area contributed by atoms with Gasteiger partial charge in [0.1, 0.15) is 0 Å². The van der Waals surface area contributed by atoms with Gasteiger partial charge >= 0.3 is 0 Å². The van der Waals surface area contributed by atoms with Gasteiger partial charge in [-0.3, -0.25) is 9.80 Å². The number of guanidine groups is 1. The van der Waals surface area contributed by atoms with Gasteiger partial charge in [-0.2, -0.15) is 0 Å². The minimum atomic E-state index is 0.555. The largest absolute Gasteiger partial charge is 0.370 e. The van der Waals surface area contributed by atoms with Gasteiger partial charge in [-0.05, 0) is 44.1 Å². The summed E-state index contributed by atoms with van der Waals surface area (Å²) < 4.78 is 0. The number of rotatable bonds is 7. The van der Waals surface area contributed by atoms with Crippen molar-refractivity contribution in [2.24, 2.45) is 10.7 Å². The number of piperazine rings is 1. The van der Waals surface area contributed by atoms with E-state index >= 15 is 0 Å². The topological polar surface area (TPSA) is 60.1 Å². The highest BCUT2D eigenvalue weighted by molar-refractivity contribution is 5.77. The number of hydrogen-bond acceptors (Lipinski definition) is 4. The lowest BCUT2D eigenvalue weighted by molar-refractivity contribution is 0.148. The molecule has 1 atom stereocenters. The zero-order valence-corrected chi connectivity index (χ0v) is 17.0.